The Labute approximate surface area is 167 Å². The number of amides is 1. The second-order valence-electron chi connectivity index (χ2n) is 6.17. The molecular weight excluding hydrogens is 375 g/mol. The lowest BCUT2D eigenvalue weighted by atomic mass is 10.1. The van der Waals surface area contributed by atoms with Gasteiger partial charge in [-0.25, -0.2) is 4.39 Å². The summed E-state index contributed by atoms with van der Waals surface area (Å²) in [4.78, 5) is 12.3. The molecule has 3 aromatic rings. The number of nitrogens with one attached hydrogen (secondary N) is 1. The number of allylic oxidation sites excluding steroid dienone is 1. The minimum Gasteiger partial charge on any atom is -0.349 e. The second-order valence-corrected chi connectivity index (χ2v) is 7.12. The number of nitrogens with zero attached hydrogens (tertiary/aromatic N) is 3. The number of aromatic nitrogens is 3. The van der Waals surface area contributed by atoms with E-state index < -0.39 is 0 Å². The molecule has 7 heteroatoms. The van der Waals surface area contributed by atoms with Crippen molar-refractivity contribution in [2.24, 2.45) is 0 Å². The van der Waals surface area contributed by atoms with Crippen LogP contribution in [-0.4, -0.2) is 26.4 Å². The first-order chi connectivity index (χ1) is 13.6. The van der Waals surface area contributed by atoms with Gasteiger partial charge in [-0.1, -0.05) is 60.3 Å². The van der Waals surface area contributed by atoms with Gasteiger partial charge in [0.25, 0.3) is 0 Å². The summed E-state index contributed by atoms with van der Waals surface area (Å²) in [7, 11) is 0. The Morgan fingerprint density at radius 2 is 1.93 bits per heavy atom. The molecule has 1 atom stereocenters. The monoisotopic (exact) mass is 396 g/mol. The average Bonchev–Trinajstić information content (AvgIpc) is 3.10. The lowest BCUT2D eigenvalue weighted by Crippen LogP contribution is -2.28. The van der Waals surface area contributed by atoms with Crippen LogP contribution in [0.15, 0.2) is 72.4 Å². The molecule has 0 fully saturated rings. The van der Waals surface area contributed by atoms with Crippen LogP contribution in [-0.2, 0) is 11.3 Å². The molecule has 0 bridgehead atoms. The fourth-order valence-electron chi connectivity index (χ4n) is 2.77. The van der Waals surface area contributed by atoms with Gasteiger partial charge in [0.2, 0.25) is 5.91 Å². The van der Waals surface area contributed by atoms with Gasteiger partial charge in [0.05, 0.1) is 17.4 Å². The van der Waals surface area contributed by atoms with Crippen LogP contribution in [0.2, 0.25) is 0 Å². The Hall–Kier alpha value is -2.93. The summed E-state index contributed by atoms with van der Waals surface area (Å²) in [6, 6.07) is 16.1. The van der Waals surface area contributed by atoms with Crippen LogP contribution in [0.1, 0.15) is 18.5 Å². The first-order valence-corrected chi connectivity index (χ1v) is 9.84. The van der Waals surface area contributed by atoms with E-state index in [0.29, 0.717) is 23.1 Å². The third-order valence-corrected chi connectivity index (χ3v) is 5.12. The SMILES string of the molecule is C=CCn1c(SCC(=O)NC(C)c2ccccc2)nnc1-c1ccccc1F. The van der Waals surface area contributed by atoms with Gasteiger partial charge in [0, 0.05) is 6.54 Å². The van der Waals surface area contributed by atoms with Gasteiger partial charge in [0.15, 0.2) is 11.0 Å². The Bertz CT molecular complexity index is 958. The lowest BCUT2D eigenvalue weighted by Gasteiger charge is -2.14. The first kappa shape index (κ1) is 19.8. The maximum absolute atomic E-state index is 14.1. The van der Waals surface area contributed by atoms with Gasteiger partial charge in [-0.15, -0.1) is 16.8 Å². The van der Waals surface area contributed by atoms with Crippen LogP contribution in [0.5, 0.6) is 0 Å². The zero-order chi connectivity index (χ0) is 19.9. The molecule has 144 valence electrons. The topological polar surface area (TPSA) is 59.8 Å². The highest BCUT2D eigenvalue weighted by Crippen LogP contribution is 2.26. The predicted molar refractivity (Wildman–Crippen MR) is 109 cm³/mol. The number of carbonyl (C=O) groups excluding carboxylic acids is 1. The van der Waals surface area contributed by atoms with Gasteiger partial charge >= 0.3 is 0 Å². The molecule has 0 aliphatic carbocycles. The maximum atomic E-state index is 14.1. The number of rotatable bonds is 8. The molecular formula is C21H21FN4OS. The Kier molecular flexibility index (Phi) is 6.60. The van der Waals surface area contributed by atoms with E-state index in [1.807, 2.05) is 37.3 Å². The van der Waals surface area contributed by atoms with Crippen molar-refractivity contribution in [1.29, 1.82) is 0 Å². The van der Waals surface area contributed by atoms with E-state index in [9.17, 15) is 9.18 Å². The summed E-state index contributed by atoms with van der Waals surface area (Å²) in [5.41, 5.74) is 1.41. The molecule has 0 radical (unpaired) electrons. The van der Waals surface area contributed by atoms with Gasteiger partial charge in [-0.05, 0) is 24.6 Å². The van der Waals surface area contributed by atoms with E-state index in [-0.39, 0.29) is 23.5 Å². The summed E-state index contributed by atoms with van der Waals surface area (Å²) in [6.07, 6.45) is 1.69. The molecule has 0 saturated carbocycles. The molecule has 0 spiro atoms. The highest BCUT2D eigenvalue weighted by atomic mass is 32.2. The van der Waals surface area contributed by atoms with E-state index in [2.05, 4.69) is 22.1 Å². The molecule has 28 heavy (non-hydrogen) atoms. The first-order valence-electron chi connectivity index (χ1n) is 8.86. The maximum Gasteiger partial charge on any atom is 0.230 e. The minimum absolute atomic E-state index is 0.0886. The van der Waals surface area contributed by atoms with Gasteiger partial charge in [0.1, 0.15) is 5.82 Å². The number of halogens is 1. The molecule has 0 aliphatic rings. The fourth-order valence-corrected chi connectivity index (χ4v) is 3.53. The molecule has 1 heterocycles. The largest absolute Gasteiger partial charge is 0.349 e. The quantitative estimate of drug-likeness (QED) is 0.457. The molecule has 0 saturated heterocycles. The van der Waals surface area contributed by atoms with E-state index in [1.54, 1.807) is 28.8 Å². The Balaban J connectivity index is 1.70. The van der Waals surface area contributed by atoms with E-state index >= 15 is 0 Å². The molecule has 1 amide bonds. The molecule has 3 rings (SSSR count). The van der Waals surface area contributed by atoms with Gasteiger partial charge < -0.3 is 5.32 Å². The molecule has 1 unspecified atom stereocenters. The highest BCUT2D eigenvalue weighted by molar-refractivity contribution is 7.99. The lowest BCUT2D eigenvalue weighted by molar-refractivity contribution is -0.119. The van der Waals surface area contributed by atoms with Gasteiger partial charge in [-0.3, -0.25) is 9.36 Å². The van der Waals surface area contributed by atoms with Crippen molar-refractivity contribution in [3.63, 3.8) is 0 Å². The fraction of sp³-hybridized carbons (Fsp3) is 0.190. The van der Waals surface area contributed by atoms with Crippen LogP contribution < -0.4 is 5.32 Å². The van der Waals surface area contributed by atoms with Crippen molar-refractivity contribution in [2.75, 3.05) is 5.75 Å². The van der Waals surface area contributed by atoms with Crippen molar-refractivity contribution in [3.05, 3.63) is 78.6 Å². The van der Waals surface area contributed by atoms with E-state index in [1.165, 1.54) is 17.8 Å². The minimum atomic E-state index is -0.369. The van der Waals surface area contributed by atoms with Crippen LogP contribution >= 0.6 is 11.8 Å². The summed E-state index contributed by atoms with van der Waals surface area (Å²) in [5, 5.41) is 11.8. The normalized spacial score (nSPS) is 11.8. The third-order valence-electron chi connectivity index (χ3n) is 4.15. The van der Waals surface area contributed by atoms with Crippen LogP contribution in [0.4, 0.5) is 4.39 Å². The third kappa shape index (κ3) is 4.67. The highest BCUT2D eigenvalue weighted by Gasteiger charge is 2.18. The van der Waals surface area contributed by atoms with Crippen LogP contribution in [0, 0.1) is 5.82 Å². The smallest absolute Gasteiger partial charge is 0.230 e. The standard InChI is InChI=1S/C21H21FN4OS/c1-3-13-26-20(17-11-7-8-12-18(17)22)24-25-21(26)28-14-19(27)23-15(2)16-9-5-4-6-10-16/h3-12,15H,1,13-14H2,2H3,(H,23,27). The number of thioether (sulfide) groups is 1. The molecule has 1 N–H and O–H groups in total. The predicted octanol–water partition coefficient (Wildman–Crippen LogP) is 4.24. The zero-order valence-corrected chi connectivity index (χ0v) is 16.3. The Morgan fingerprint density at radius 1 is 1.21 bits per heavy atom. The second kappa shape index (κ2) is 9.32. The van der Waals surface area contributed by atoms with Crippen molar-refractivity contribution in [2.45, 2.75) is 24.7 Å². The molecule has 5 nitrogen and oxygen atoms in total. The van der Waals surface area contributed by atoms with Crippen LogP contribution in [0.3, 0.4) is 0 Å². The van der Waals surface area contributed by atoms with Gasteiger partial charge in [-0.2, -0.15) is 0 Å². The molecule has 2 aromatic carbocycles. The average molecular weight is 396 g/mol. The summed E-state index contributed by atoms with van der Waals surface area (Å²) < 4.78 is 15.9. The number of benzene rings is 2. The number of hydrogen-bond donors (Lipinski definition) is 1. The molecule has 1 aromatic heterocycles. The van der Waals surface area contributed by atoms with Crippen molar-refractivity contribution < 1.29 is 9.18 Å². The zero-order valence-electron chi connectivity index (χ0n) is 15.5. The molecule has 0 aliphatic heterocycles. The van der Waals surface area contributed by atoms with E-state index in [0.717, 1.165) is 5.56 Å². The van der Waals surface area contributed by atoms with Crippen LogP contribution in [0.25, 0.3) is 11.4 Å². The van der Waals surface area contributed by atoms with E-state index in [4.69, 9.17) is 0 Å². The van der Waals surface area contributed by atoms with Crippen molar-refractivity contribution in [1.82, 2.24) is 20.1 Å². The van der Waals surface area contributed by atoms with Crippen molar-refractivity contribution >= 4 is 17.7 Å². The van der Waals surface area contributed by atoms with Crippen molar-refractivity contribution in [3.8, 4) is 11.4 Å². The summed E-state index contributed by atoms with van der Waals surface area (Å²) >= 11 is 1.26. The number of carbonyl (C=O) groups is 1. The number of hydrogen-bond acceptors (Lipinski definition) is 4. The summed E-state index contributed by atoms with van der Waals surface area (Å²) in [5.74, 6) is 0.121. The summed E-state index contributed by atoms with van der Waals surface area (Å²) in [6.45, 7) is 6.10. The Morgan fingerprint density at radius 3 is 2.64 bits per heavy atom.